The van der Waals surface area contributed by atoms with E-state index in [9.17, 15) is 19.2 Å². The van der Waals surface area contributed by atoms with Gasteiger partial charge < -0.3 is 21.3 Å². The van der Waals surface area contributed by atoms with E-state index >= 15 is 0 Å². The van der Waals surface area contributed by atoms with E-state index in [0.717, 1.165) is 129 Å². The Hall–Kier alpha value is -10.3. The standard InChI is InChI=1S/4C21H17N3OS2/c1-26-27-19-9-7-17(16-5-3-11-23-20(16)19)21(25)24-13-14-6-8-18-15(12-14)4-2-10-22-18;1-26-27-19-7-6-18(17-3-2-9-23-20(17)19)21(25)24-12-14-4-5-16-13-22-10-8-15(16)11-14;1-26-27-19-9-8-17(16-6-4-10-22-20(16)19)21(25)24-13-14-11-15-5-2-3-7-18(15)23-12-14;1-26-27-19-9-8-18(17-7-4-10-22-20(17)19)21(25)24-13-16-11-14-5-2-3-6-15(14)12-23-16/h2-12H,13H2,1H3,(H,24,25);2-11,13H,12H2,1H3,(H,24,25);2*2-12H,13H2,1H3,(H,24,25). The monoisotopic (exact) mass is 1560 g/mol. The van der Waals surface area contributed by atoms with Gasteiger partial charge in [0.05, 0.1) is 45.3 Å². The van der Waals surface area contributed by atoms with Crippen molar-refractivity contribution in [3.8, 4) is 0 Å². The highest BCUT2D eigenvalue weighted by Gasteiger charge is 2.19. The lowest BCUT2D eigenvalue weighted by atomic mass is 10.1. The van der Waals surface area contributed by atoms with E-state index in [2.05, 4.69) is 79.3 Å². The molecule has 536 valence electrons. The fourth-order valence-electron chi connectivity index (χ4n) is 12.0. The molecule has 24 heteroatoms. The Morgan fingerprint density at radius 1 is 0.287 bits per heavy atom. The molecule has 0 fully saturated rings. The zero-order chi connectivity index (χ0) is 74.6. The molecule has 0 radical (unpaired) electrons. The van der Waals surface area contributed by atoms with E-state index < -0.39 is 0 Å². The summed E-state index contributed by atoms with van der Waals surface area (Å²) in [6, 6.07) is 68.7. The molecule has 0 unspecified atom stereocenters. The van der Waals surface area contributed by atoms with Crippen molar-refractivity contribution in [3.63, 3.8) is 0 Å². The number of carbonyl (C=O) groups excluding carboxylic acids is 4. The number of para-hydroxylation sites is 1. The summed E-state index contributed by atoms with van der Waals surface area (Å²) in [5, 5.41) is 22.1. The van der Waals surface area contributed by atoms with Crippen molar-refractivity contribution in [1.82, 2.24) is 61.1 Å². The van der Waals surface area contributed by atoms with Crippen LogP contribution in [0.5, 0.6) is 0 Å². The number of rotatable bonds is 20. The van der Waals surface area contributed by atoms with Crippen molar-refractivity contribution in [2.45, 2.75) is 45.8 Å². The number of aromatic nitrogens is 8. The SMILES string of the molecule is CSSc1ccc(C(=O)NCc2cc3ccccc3cn2)c2cccnc12.CSSc1ccc(C(=O)NCc2ccc3cnccc3c2)c2cccnc12.CSSc1ccc(C(=O)NCc2ccc3ncccc3c2)c2cccnc12.CSSc1ccc(C(=O)NCc2cnc3ccccc3c2)c2cccnc12. The minimum absolute atomic E-state index is 0.0940. The van der Waals surface area contributed by atoms with Crippen LogP contribution in [0.1, 0.15) is 63.8 Å². The predicted molar refractivity (Wildman–Crippen MR) is 456 cm³/mol. The molecule has 8 aromatic carbocycles. The first-order valence-corrected chi connectivity index (χ1v) is 44.1. The van der Waals surface area contributed by atoms with Gasteiger partial charge in [-0.05, 0) is 174 Å². The molecule has 16 aromatic rings. The molecule has 8 heterocycles. The van der Waals surface area contributed by atoms with Gasteiger partial charge >= 0.3 is 0 Å². The van der Waals surface area contributed by atoms with E-state index in [-0.39, 0.29) is 23.6 Å². The van der Waals surface area contributed by atoms with Crippen LogP contribution < -0.4 is 21.3 Å². The van der Waals surface area contributed by atoms with Crippen LogP contribution in [0.15, 0.2) is 288 Å². The molecule has 0 bridgehead atoms. The Morgan fingerprint density at radius 3 is 1.15 bits per heavy atom. The van der Waals surface area contributed by atoms with Gasteiger partial charge in [0.2, 0.25) is 0 Å². The predicted octanol–water partition coefficient (Wildman–Crippen LogP) is 20.3. The van der Waals surface area contributed by atoms with Gasteiger partial charge in [0.25, 0.3) is 23.6 Å². The summed E-state index contributed by atoms with van der Waals surface area (Å²) < 4.78 is 0. The summed E-state index contributed by atoms with van der Waals surface area (Å²) in [6.45, 7) is 1.75. The molecule has 4 amide bonds. The van der Waals surface area contributed by atoms with Crippen LogP contribution in [-0.4, -0.2) is 88.5 Å². The van der Waals surface area contributed by atoms with Gasteiger partial charge in [0, 0.05) is 160 Å². The van der Waals surface area contributed by atoms with Crippen LogP contribution in [0.3, 0.4) is 0 Å². The largest absolute Gasteiger partial charge is 0.348 e. The van der Waals surface area contributed by atoms with Gasteiger partial charge in [-0.15, -0.1) is 0 Å². The minimum atomic E-state index is -0.122. The molecule has 16 nitrogen and oxygen atoms in total. The van der Waals surface area contributed by atoms with Gasteiger partial charge in [0.1, 0.15) is 0 Å². The number of pyridine rings is 8. The highest BCUT2D eigenvalue weighted by molar-refractivity contribution is 8.77. The van der Waals surface area contributed by atoms with E-state index in [1.54, 1.807) is 130 Å². The molecule has 0 saturated heterocycles. The average molecular weight is 1570 g/mol. The summed E-state index contributed by atoms with van der Waals surface area (Å²) in [4.78, 5) is 90.7. The Bertz CT molecular complexity index is 5240. The summed E-state index contributed by atoms with van der Waals surface area (Å²) in [7, 11) is 13.3. The van der Waals surface area contributed by atoms with Crippen molar-refractivity contribution in [2.24, 2.45) is 0 Å². The second kappa shape index (κ2) is 37.5. The number of fused-ring (bicyclic) bond motifs is 8. The zero-order valence-electron chi connectivity index (χ0n) is 58.7. The fraction of sp³-hybridized carbons (Fsp3) is 0.0952. The number of amides is 4. The number of nitrogens with one attached hydrogen (secondary N) is 4. The van der Waals surface area contributed by atoms with Gasteiger partial charge in [0.15, 0.2) is 0 Å². The van der Waals surface area contributed by atoms with Crippen molar-refractivity contribution < 1.29 is 19.2 Å². The van der Waals surface area contributed by atoms with Crippen LogP contribution >= 0.6 is 86.4 Å². The third-order valence-electron chi connectivity index (χ3n) is 17.1. The van der Waals surface area contributed by atoms with Crippen molar-refractivity contribution >= 4 is 197 Å². The molecule has 0 aliphatic carbocycles. The van der Waals surface area contributed by atoms with Gasteiger partial charge in [-0.1, -0.05) is 177 Å². The van der Waals surface area contributed by atoms with Crippen molar-refractivity contribution in [3.05, 3.63) is 313 Å². The van der Waals surface area contributed by atoms with Crippen LogP contribution in [0, 0.1) is 0 Å². The van der Waals surface area contributed by atoms with Gasteiger partial charge in [-0.2, -0.15) is 0 Å². The lowest BCUT2D eigenvalue weighted by Gasteiger charge is -2.10. The molecule has 0 aliphatic heterocycles. The number of carbonyl (C=O) groups is 4. The first-order chi connectivity index (χ1) is 53.0. The highest BCUT2D eigenvalue weighted by Crippen LogP contribution is 2.39. The molecule has 0 atom stereocenters. The summed E-state index contributed by atoms with van der Waals surface area (Å²) >= 11 is 0. The Kier molecular flexibility index (Phi) is 26.4. The maximum Gasteiger partial charge on any atom is 0.252 e. The lowest BCUT2D eigenvalue weighted by molar-refractivity contribution is 0.0944. The second-order valence-corrected chi connectivity index (χ2v) is 33.7. The maximum absolute atomic E-state index is 12.8. The first kappa shape index (κ1) is 75.9. The van der Waals surface area contributed by atoms with Crippen LogP contribution in [-0.2, 0) is 26.2 Å². The first-order valence-electron chi connectivity index (χ1n) is 33.8. The Morgan fingerprint density at radius 2 is 0.657 bits per heavy atom. The van der Waals surface area contributed by atoms with Crippen LogP contribution in [0.2, 0.25) is 0 Å². The van der Waals surface area contributed by atoms with Crippen LogP contribution in [0.4, 0.5) is 0 Å². The number of benzene rings is 8. The molecule has 16 rings (SSSR count). The van der Waals surface area contributed by atoms with E-state index in [0.29, 0.717) is 48.4 Å². The topological polar surface area (TPSA) is 220 Å². The Balaban J connectivity index is 0.000000127. The van der Waals surface area contributed by atoms with Crippen molar-refractivity contribution in [1.29, 1.82) is 0 Å². The smallest absolute Gasteiger partial charge is 0.252 e. The van der Waals surface area contributed by atoms with E-state index in [4.69, 9.17) is 0 Å². The molecule has 0 aliphatic rings. The molecule has 8 aromatic heterocycles. The summed E-state index contributed by atoms with van der Waals surface area (Å²) in [6.07, 6.45) is 24.2. The highest BCUT2D eigenvalue weighted by atomic mass is 33.1. The summed E-state index contributed by atoms with van der Waals surface area (Å²) in [5.41, 5.74) is 11.8. The zero-order valence-corrected chi connectivity index (χ0v) is 65.2. The summed E-state index contributed by atoms with van der Waals surface area (Å²) in [5.74, 6) is -0.422. The van der Waals surface area contributed by atoms with Crippen molar-refractivity contribution in [2.75, 3.05) is 25.0 Å². The molecule has 4 N–H and O–H groups in total. The minimum Gasteiger partial charge on any atom is -0.348 e. The van der Waals surface area contributed by atoms with E-state index in [1.165, 1.54) is 0 Å². The van der Waals surface area contributed by atoms with Gasteiger partial charge in [-0.3, -0.25) is 59.0 Å². The molecular weight excluding hydrogens is 1500 g/mol. The third kappa shape index (κ3) is 18.8. The molecule has 0 saturated carbocycles. The quantitative estimate of drug-likeness (QED) is 0.0521. The molecular formula is C84H68N12O4S8. The normalized spacial score (nSPS) is 11.0. The third-order valence-corrected chi connectivity index (χ3v) is 24.0. The number of nitrogens with zero attached hydrogens (tertiary/aromatic N) is 8. The molecule has 0 spiro atoms. The second-order valence-electron chi connectivity index (χ2n) is 23.9. The fourth-order valence-corrected chi connectivity index (χ4v) is 18.0. The average Bonchev–Trinajstić information content (AvgIpc) is 0.805. The van der Waals surface area contributed by atoms with Crippen LogP contribution in [0.25, 0.3) is 87.0 Å². The molecule has 108 heavy (non-hydrogen) atoms. The maximum atomic E-state index is 12.8. The number of hydrogen-bond acceptors (Lipinski definition) is 20. The van der Waals surface area contributed by atoms with E-state index in [1.807, 2.05) is 232 Å². The number of hydrogen-bond donors (Lipinski definition) is 4. The Labute approximate surface area is 655 Å². The lowest BCUT2D eigenvalue weighted by Crippen LogP contribution is -2.23. The van der Waals surface area contributed by atoms with Gasteiger partial charge in [-0.25, -0.2) is 0 Å².